The molecular weight excluding hydrogens is 377 g/mol. The maximum Gasteiger partial charge on any atom is 0.409 e. The molecule has 2 aromatic rings. The number of benzene rings is 2. The number of nitrogens with one attached hydrogen (secondary N) is 2. The average molecular weight is 394 g/mol. The predicted molar refractivity (Wildman–Crippen MR) is 102 cm³/mol. The Balaban J connectivity index is 1.67. The van der Waals surface area contributed by atoms with Gasteiger partial charge in [0.15, 0.2) is 0 Å². The summed E-state index contributed by atoms with van der Waals surface area (Å²) in [6.07, 6.45) is 0.395. The van der Waals surface area contributed by atoms with Gasteiger partial charge in [0, 0.05) is 24.5 Å². The van der Waals surface area contributed by atoms with Gasteiger partial charge in [-0.25, -0.2) is 9.59 Å². The smallest absolute Gasteiger partial charge is 0.409 e. The summed E-state index contributed by atoms with van der Waals surface area (Å²) in [5, 5.41) is 6.25. The third kappa shape index (κ3) is 4.20. The molecule has 2 N–H and O–H groups in total. The monoisotopic (exact) mass is 393 g/mol. The zero-order chi connectivity index (χ0) is 18.7. The highest BCUT2D eigenvalue weighted by atomic mass is 35.5. The van der Waals surface area contributed by atoms with Crippen LogP contribution >= 0.6 is 23.2 Å². The second-order valence-corrected chi connectivity index (χ2v) is 6.65. The van der Waals surface area contributed by atoms with Crippen LogP contribution in [0.3, 0.4) is 0 Å². The second kappa shape index (κ2) is 7.85. The normalized spacial score (nSPS) is 13.0. The first kappa shape index (κ1) is 18.4. The highest BCUT2D eigenvalue weighted by molar-refractivity contribution is 6.42. The largest absolute Gasteiger partial charge is 0.453 e. The number of methoxy groups -OCH3 is 1. The summed E-state index contributed by atoms with van der Waals surface area (Å²) >= 11 is 11.8. The van der Waals surface area contributed by atoms with Crippen LogP contribution in [-0.4, -0.2) is 30.7 Å². The molecule has 26 heavy (non-hydrogen) atoms. The molecule has 1 aliphatic heterocycles. The van der Waals surface area contributed by atoms with E-state index in [-0.39, 0.29) is 6.09 Å². The first-order chi connectivity index (χ1) is 12.5. The first-order valence-electron chi connectivity index (χ1n) is 7.94. The number of ether oxygens (including phenoxy) is 1. The summed E-state index contributed by atoms with van der Waals surface area (Å²) < 4.78 is 4.77. The highest BCUT2D eigenvalue weighted by Crippen LogP contribution is 2.26. The number of amides is 3. The van der Waals surface area contributed by atoms with Gasteiger partial charge < -0.3 is 20.3 Å². The van der Waals surface area contributed by atoms with E-state index in [1.165, 1.54) is 7.11 Å². The number of urea groups is 1. The minimum Gasteiger partial charge on any atom is -0.453 e. The van der Waals surface area contributed by atoms with Gasteiger partial charge in [-0.2, -0.15) is 0 Å². The van der Waals surface area contributed by atoms with Gasteiger partial charge in [-0.1, -0.05) is 29.3 Å². The van der Waals surface area contributed by atoms with Gasteiger partial charge in [-0.05, 0) is 47.9 Å². The van der Waals surface area contributed by atoms with E-state index in [9.17, 15) is 9.59 Å². The molecule has 0 bridgehead atoms. The molecule has 3 rings (SSSR count). The minimum absolute atomic E-state index is 0.355. The van der Waals surface area contributed by atoms with Crippen LogP contribution in [-0.2, 0) is 17.7 Å². The van der Waals surface area contributed by atoms with E-state index in [1.807, 2.05) is 18.2 Å². The van der Waals surface area contributed by atoms with E-state index in [1.54, 1.807) is 23.1 Å². The molecule has 1 aliphatic rings. The molecule has 0 aromatic heterocycles. The second-order valence-electron chi connectivity index (χ2n) is 5.83. The number of hydrogen-bond acceptors (Lipinski definition) is 3. The Kier molecular flexibility index (Phi) is 5.54. The molecule has 1 heterocycles. The third-order valence-electron chi connectivity index (χ3n) is 4.09. The van der Waals surface area contributed by atoms with Crippen molar-refractivity contribution in [3.05, 3.63) is 57.6 Å². The molecule has 3 amide bonds. The topological polar surface area (TPSA) is 70.7 Å². The van der Waals surface area contributed by atoms with E-state index in [0.717, 1.165) is 17.5 Å². The van der Waals surface area contributed by atoms with Crippen LogP contribution in [0.5, 0.6) is 0 Å². The first-order valence-corrected chi connectivity index (χ1v) is 8.69. The average Bonchev–Trinajstić information content (AvgIpc) is 2.63. The molecule has 0 spiro atoms. The van der Waals surface area contributed by atoms with Crippen LogP contribution in [0.15, 0.2) is 36.4 Å². The van der Waals surface area contributed by atoms with E-state index >= 15 is 0 Å². The number of rotatable bonds is 2. The lowest BCUT2D eigenvalue weighted by Gasteiger charge is -2.28. The Morgan fingerprint density at radius 3 is 2.38 bits per heavy atom. The van der Waals surface area contributed by atoms with E-state index in [0.29, 0.717) is 34.5 Å². The van der Waals surface area contributed by atoms with Crippen molar-refractivity contribution in [3.63, 3.8) is 0 Å². The van der Waals surface area contributed by atoms with Crippen molar-refractivity contribution in [2.24, 2.45) is 0 Å². The molecule has 2 aromatic carbocycles. The maximum absolute atomic E-state index is 12.2. The lowest BCUT2D eigenvalue weighted by Crippen LogP contribution is -2.35. The summed E-state index contributed by atoms with van der Waals surface area (Å²) in [4.78, 5) is 25.5. The summed E-state index contributed by atoms with van der Waals surface area (Å²) in [7, 11) is 1.36. The quantitative estimate of drug-likeness (QED) is 0.772. The number of carbonyl (C=O) groups excluding carboxylic acids is 2. The van der Waals surface area contributed by atoms with Gasteiger partial charge in [0.1, 0.15) is 0 Å². The number of halogens is 2. The zero-order valence-electron chi connectivity index (χ0n) is 14.0. The van der Waals surface area contributed by atoms with Crippen LogP contribution in [0.4, 0.5) is 21.0 Å². The molecule has 8 heteroatoms. The van der Waals surface area contributed by atoms with Gasteiger partial charge in [0.2, 0.25) is 0 Å². The van der Waals surface area contributed by atoms with Crippen molar-refractivity contribution in [2.75, 3.05) is 24.3 Å². The molecule has 136 valence electrons. The SMILES string of the molecule is COC(=O)N1CCc2ccc(NC(=O)Nc3ccc(Cl)c(Cl)c3)cc2C1. The van der Waals surface area contributed by atoms with Crippen LogP contribution in [0.1, 0.15) is 11.1 Å². The Morgan fingerprint density at radius 1 is 1.00 bits per heavy atom. The van der Waals surface area contributed by atoms with Crippen molar-refractivity contribution in [1.82, 2.24) is 4.90 Å². The summed E-state index contributed by atoms with van der Waals surface area (Å²) in [5.74, 6) is 0. The van der Waals surface area contributed by atoms with Crippen molar-refractivity contribution in [1.29, 1.82) is 0 Å². The predicted octanol–water partition coefficient (Wildman–Crippen LogP) is 4.76. The third-order valence-corrected chi connectivity index (χ3v) is 4.83. The number of nitrogens with zero attached hydrogens (tertiary/aromatic N) is 1. The fraction of sp³-hybridized carbons (Fsp3) is 0.222. The molecule has 0 saturated carbocycles. The summed E-state index contributed by atoms with van der Waals surface area (Å²) in [6, 6.07) is 10.1. The van der Waals surface area contributed by atoms with Crippen LogP contribution in [0, 0.1) is 0 Å². The Morgan fingerprint density at radius 2 is 1.69 bits per heavy atom. The van der Waals surface area contributed by atoms with Gasteiger partial charge in [-0.3, -0.25) is 0 Å². The fourth-order valence-corrected chi connectivity index (χ4v) is 3.09. The molecular formula is C18H17Cl2N3O3. The number of carbonyl (C=O) groups is 2. The van der Waals surface area contributed by atoms with Gasteiger partial charge in [0.25, 0.3) is 0 Å². The van der Waals surface area contributed by atoms with E-state index in [4.69, 9.17) is 27.9 Å². The van der Waals surface area contributed by atoms with Gasteiger partial charge in [-0.15, -0.1) is 0 Å². The molecule has 0 unspecified atom stereocenters. The standard InChI is InChI=1S/C18H17Cl2N3O3/c1-26-18(25)23-7-6-11-2-3-13(8-12(11)10-23)21-17(24)22-14-4-5-15(19)16(20)9-14/h2-5,8-9H,6-7,10H2,1H3,(H2,21,22,24). The van der Waals surface area contributed by atoms with Crippen LogP contribution in [0.2, 0.25) is 10.0 Å². The van der Waals surface area contributed by atoms with Crippen molar-refractivity contribution < 1.29 is 14.3 Å². The maximum atomic E-state index is 12.2. The van der Waals surface area contributed by atoms with Crippen molar-refractivity contribution in [2.45, 2.75) is 13.0 Å². The van der Waals surface area contributed by atoms with Gasteiger partial charge in [0.05, 0.1) is 17.2 Å². The minimum atomic E-state index is -0.399. The lowest BCUT2D eigenvalue weighted by molar-refractivity contribution is 0.118. The molecule has 0 atom stereocenters. The zero-order valence-corrected chi connectivity index (χ0v) is 15.5. The Bertz CT molecular complexity index is 858. The Hall–Kier alpha value is -2.44. The molecule has 6 nitrogen and oxygen atoms in total. The summed E-state index contributed by atoms with van der Waals surface area (Å²) in [6.45, 7) is 1.07. The summed E-state index contributed by atoms with van der Waals surface area (Å²) in [5.41, 5.74) is 3.30. The number of anilines is 2. The fourth-order valence-electron chi connectivity index (χ4n) is 2.79. The van der Waals surface area contributed by atoms with Crippen molar-refractivity contribution in [3.8, 4) is 0 Å². The lowest BCUT2D eigenvalue weighted by atomic mass is 9.99. The van der Waals surface area contributed by atoms with Crippen LogP contribution < -0.4 is 10.6 Å². The molecule has 0 saturated heterocycles. The number of fused-ring (bicyclic) bond motifs is 1. The molecule has 0 radical (unpaired) electrons. The van der Waals surface area contributed by atoms with Crippen LogP contribution in [0.25, 0.3) is 0 Å². The highest BCUT2D eigenvalue weighted by Gasteiger charge is 2.21. The van der Waals surface area contributed by atoms with Crippen molar-refractivity contribution >= 4 is 46.7 Å². The molecule has 0 aliphatic carbocycles. The van der Waals surface area contributed by atoms with E-state index < -0.39 is 6.03 Å². The van der Waals surface area contributed by atoms with Gasteiger partial charge >= 0.3 is 12.1 Å². The Labute approximate surface area is 161 Å². The number of hydrogen-bond donors (Lipinski definition) is 2. The molecule has 0 fully saturated rings. The van der Waals surface area contributed by atoms with E-state index in [2.05, 4.69) is 10.6 Å².